The number of hydrogen-bond acceptors (Lipinski definition) is 10. The second-order valence-corrected chi connectivity index (χ2v) is 12.1. The van der Waals surface area contributed by atoms with Crippen LogP contribution in [0.3, 0.4) is 0 Å². The van der Waals surface area contributed by atoms with E-state index in [9.17, 15) is 9.59 Å². The van der Waals surface area contributed by atoms with Gasteiger partial charge in [0, 0.05) is 35.5 Å². The van der Waals surface area contributed by atoms with Crippen molar-refractivity contribution < 1.29 is 23.8 Å². The van der Waals surface area contributed by atoms with Gasteiger partial charge in [0.2, 0.25) is 0 Å². The molecule has 238 valence electrons. The molecule has 0 saturated heterocycles. The summed E-state index contributed by atoms with van der Waals surface area (Å²) in [7, 11) is 3.32. The van der Waals surface area contributed by atoms with E-state index in [1.54, 1.807) is 37.7 Å². The quantitative estimate of drug-likeness (QED) is 0.111. The number of carbonyl (C=O) groups is 2. The van der Waals surface area contributed by atoms with Crippen LogP contribution in [0.5, 0.6) is 17.2 Å². The maximum atomic E-state index is 13.5. The number of benzene rings is 3. The van der Waals surface area contributed by atoms with Gasteiger partial charge in [-0.25, -0.2) is 19.6 Å². The Balaban J connectivity index is 1.42. The highest BCUT2D eigenvalue weighted by molar-refractivity contribution is 7.14. The number of aromatic nitrogens is 2. The fourth-order valence-corrected chi connectivity index (χ4v) is 5.39. The number of ether oxygens (including phenoxy) is 3. The first-order valence-corrected chi connectivity index (χ1v) is 15.5. The summed E-state index contributed by atoms with van der Waals surface area (Å²) in [4.78, 5) is 34.3. The lowest BCUT2D eigenvalue weighted by Gasteiger charge is -2.24. The first-order chi connectivity index (χ1) is 22.1. The molecule has 3 aromatic carbocycles. The van der Waals surface area contributed by atoms with E-state index < -0.39 is 12.0 Å². The van der Waals surface area contributed by atoms with E-state index in [-0.39, 0.29) is 17.7 Å². The number of nitrogens with one attached hydrogen (secondary N) is 4. The minimum Gasteiger partial charge on any atom is -0.492 e. The van der Waals surface area contributed by atoms with Gasteiger partial charge in [-0.2, -0.15) is 0 Å². The largest absolute Gasteiger partial charge is 0.492 e. The summed E-state index contributed by atoms with van der Waals surface area (Å²) in [5.41, 5.74) is 2.54. The van der Waals surface area contributed by atoms with Gasteiger partial charge in [0.25, 0.3) is 0 Å². The van der Waals surface area contributed by atoms with E-state index >= 15 is 0 Å². The molecule has 0 spiro atoms. The Morgan fingerprint density at radius 1 is 0.935 bits per heavy atom. The van der Waals surface area contributed by atoms with Crippen LogP contribution in [0.2, 0.25) is 0 Å². The number of esters is 1. The number of amides is 2. The van der Waals surface area contributed by atoms with E-state index in [4.69, 9.17) is 14.2 Å². The molecule has 0 bridgehead atoms. The monoisotopic (exact) mass is 640 g/mol. The number of thiazole rings is 1. The summed E-state index contributed by atoms with van der Waals surface area (Å²) in [6.45, 7) is 8.23. The molecule has 2 aromatic heterocycles. The number of pyridine rings is 1. The molecule has 5 aromatic rings. The number of methoxy groups -OCH3 is 1. The number of urea groups is 1. The van der Waals surface area contributed by atoms with Crippen LogP contribution in [-0.4, -0.2) is 42.7 Å². The molecule has 46 heavy (non-hydrogen) atoms. The van der Waals surface area contributed by atoms with Gasteiger partial charge in [0.05, 0.1) is 30.8 Å². The number of rotatable bonds is 10. The molecule has 0 atom stereocenters. The normalized spacial score (nSPS) is 11.1. The fraction of sp³-hybridized carbons (Fsp3) is 0.235. The number of fused-ring (bicyclic) bond motifs is 1. The highest BCUT2D eigenvalue weighted by atomic mass is 32.1. The average molecular weight is 641 g/mol. The van der Waals surface area contributed by atoms with Gasteiger partial charge in [-0.3, -0.25) is 0 Å². The zero-order valence-electron chi connectivity index (χ0n) is 26.5. The van der Waals surface area contributed by atoms with Crippen molar-refractivity contribution in [1.29, 1.82) is 0 Å². The maximum Gasteiger partial charge on any atom is 0.357 e. The molecule has 4 N–H and O–H groups in total. The van der Waals surface area contributed by atoms with Crippen molar-refractivity contribution in [2.24, 2.45) is 0 Å². The lowest BCUT2D eigenvalue weighted by atomic mass is 9.86. The molecule has 0 aliphatic heterocycles. The van der Waals surface area contributed by atoms with Crippen LogP contribution in [0.15, 0.2) is 72.2 Å². The van der Waals surface area contributed by atoms with Gasteiger partial charge < -0.3 is 35.5 Å². The van der Waals surface area contributed by atoms with Crippen molar-refractivity contribution in [2.45, 2.75) is 33.1 Å². The van der Waals surface area contributed by atoms with Crippen LogP contribution < -0.4 is 30.7 Å². The van der Waals surface area contributed by atoms with Crippen LogP contribution in [0, 0.1) is 0 Å². The molecule has 11 nitrogen and oxygen atoms in total. The van der Waals surface area contributed by atoms with E-state index in [1.165, 1.54) is 18.4 Å². The van der Waals surface area contributed by atoms with Crippen LogP contribution in [0.4, 0.5) is 32.8 Å². The molecular formula is C34H36N6O5S. The molecule has 2 heterocycles. The zero-order valence-corrected chi connectivity index (χ0v) is 27.3. The average Bonchev–Trinajstić information content (AvgIpc) is 3.50. The molecule has 0 aliphatic rings. The summed E-state index contributed by atoms with van der Waals surface area (Å²) >= 11 is 1.26. The van der Waals surface area contributed by atoms with Gasteiger partial charge in [-0.05, 0) is 48.2 Å². The second kappa shape index (κ2) is 13.7. The van der Waals surface area contributed by atoms with Crippen molar-refractivity contribution >= 4 is 62.1 Å². The van der Waals surface area contributed by atoms with Crippen LogP contribution in [-0.2, 0) is 10.2 Å². The molecular weight excluding hydrogens is 604 g/mol. The Labute approximate surface area is 271 Å². The smallest absolute Gasteiger partial charge is 0.357 e. The summed E-state index contributed by atoms with van der Waals surface area (Å²) in [5, 5.41) is 16.0. The minimum absolute atomic E-state index is 0.213. The van der Waals surface area contributed by atoms with Gasteiger partial charge >= 0.3 is 12.0 Å². The van der Waals surface area contributed by atoms with Crippen LogP contribution in [0.25, 0.3) is 10.8 Å². The minimum atomic E-state index is -0.492. The molecule has 5 rings (SSSR count). The summed E-state index contributed by atoms with van der Waals surface area (Å²) in [5.74, 6) is 1.87. The van der Waals surface area contributed by atoms with Crippen molar-refractivity contribution in [3.8, 4) is 17.2 Å². The molecule has 2 amide bonds. The summed E-state index contributed by atoms with van der Waals surface area (Å²) in [6, 6.07) is 18.3. The van der Waals surface area contributed by atoms with E-state index in [0.717, 1.165) is 16.3 Å². The predicted octanol–water partition coefficient (Wildman–Crippen LogP) is 8.40. The Kier molecular flexibility index (Phi) is 9.57. The third-order valence-electron chi connectivity index (χ3n) is 6.99. The van der Waals surface area contributed by atoms with Gasteiger partial charge in [0.15, 0.2) is 16.6 Å². The summed E-state index contributed by atoms with van der Waals surface area (Å²) < 4.78 is 17.0. The first kappa shape index (κ1) is 32.0. The zero-order chi connectivity index (χ0) is 32.8. The third-order valence-corrected chi connectivity index (χ3v) is 7.74. The topological polar surface area (TPSA) is 136 Å². The van der Waals surface area contributed by atoms with Crippen LogP contribution >= 0.6 is 11.3 Å². The van der Waals surface area contributed by atoms with Gasteiger partial charge in [-0.1, -0.05) is 45.0 Å². The van der Waals surface area contributed by atoms with Gasteiger partial charge in [-0.15, -0.1) is 11.3 Å². The molecule has 0 unspecified atom stereocenters. The van der Waals surface area contributed by atoms with E-state index in [1.807, 2.05) is 48.5 Å². The first-order valence-electron chi connectivity index (χ1n) is 14.6. The SMILES string of the molecule is CCOC(=O)c1csc(Nc2cc(C(C)(C)C)cc(NC(=O)Nc3ccc(Oc4ccnc(NC)c4)c4ccccc34)c2OC)n1. The van der Waals surface area contributed by atoms with Crippen molar-refractivity contribution in [2.75, 3.05) is 42.0 Å². The lowest BCUT2D eigenvalue weighted by Crippen LogP contribution is -2.21. The molecule has 12 heteroatoms. The maximum absolute atomic E-state index is 13.5. The highest BCUT2D eigenvalue weighted by Gasteiger charge is 2.22. The Bertz CT molecular complexity index is 1880. The Morgan fingerprint density at radius 3 is 2.39 bits per heavy atom. The Morgan fingerprint density at radius 2 is 1.67 bits per heavy atom. The number of nitrogens with zero attached hydrogens (tertiary/aromatic N) is 2. The predicted molar refractivity (Wildman–Crippen MR) is 183 cm³/mol. The highest BCUT2D eigenvalue weighted by Crippen LogP contribution is 2.41. The van der Waals surface area contributed by atoms with Gasteiger partial charge in [0.1, 0.15) is 17.3 Å². The number of hydrogen-bond donors (Lipinski definition) is 4. The lowest BCUT2D eigenvalue weighted by molar-refractivity contribution is 0.0520. The number of anilines is 5. The summed E-state index contributed by atoms with van der Waals surface area (Å²) in [6.07, 6.45) is 1.67. The van der Waals surface area contributed by atoms with E-state index in [0.29, 0.717) is 45.3 Å². The fourth-order valence-electron chi connectivity index (χ4n) is 4.70. The molecule has 0 radical (unpaired) electrons. The van der Waals surface area contributed by atoms with E-state index in [2.05, 4.69) is 52.0 Å². The van der Waals surface area contributed by atoms with Crippen molar-refractivity contribution in [3.63, 3.8) is 0 Å². The standard InChI is InChI=1S/C34H36N6O5S/c1-7-44-31(41)27-19-46-33(40-27)39-26-17-20(34(2,3)4)16-25(30(26)43-6)38-32(42)37-24-12-13-28(23-11-9-8-10-22(23)24)45-21-14-15-36-29(18-21)35-5/h8-19H,7H2,1-6H3,(H,35,36)(H,39,40)(H2,37,38,42). The molecule has 0 saturated carbocycles. The Hall–Kier alpha value is -5.36. The second-order valence-electron chi connectivity index (χ2n) is 11.2. The van der Waals surface area contributed by atoms with Crippen molar-refractivity contribution in [3.05, 3.63) is 83.5 Å². The third kappa shape index (κ3) is 7.29. The van der Waals surface area contributed by atoms with Crippen molar-refractivity contribution in [1.82, 2.24) is 9.97 Å². The molecule has 0 aliphatic carbocycles. The van der Waals surface area contributed by atoms with Crippen LogP contribution in [0.1, 0.15) is 43.7 Å². The molecule has 0 fully saturated rings. The number of carbonyl (C=O) groups excluding carboxylic acids is 2.